The first-order valence-electron chi connectivity index (χ1n) is 6.42. The average Bonchev–Trinajstić information content (AvgIpc) is 3.21. The van der Waals surface area contributed by atoms with Gasteiger partial charge in [0.2, 0.25) is 5.88 Å². The molecule has 1 N–H and O–H groups in total. The minimum absolute atomic E-state index is 0.650. The van der Waals surface area contributed by atoms with Gasteiger partial charge in [0.05, 0.1) is 5.69 Å². The molecule has 0 unspecified atom stereocenters. The molecule has 0 aliphatic heterocycles. The zero-order chi connectivity index (χ0) is 13.1. The van der Waals surface area contributed by atoms with Crippen LogP contribution in [0.1, 0.15) is 18.5 Å². The van der Waals surface area contributed by atoms with Gasteiger partial charge in [-0.1, -0.05) is 12.1 Å². The predicted molar refractivity (Wildman–Crippen MR) is 83.3 cm³/mol. The lowest BCUT2D eigenvalue weighted by atomic mass is 10.3. The van der Waals surface area contributed by atoms with E-state index < -0.39 is 0 Å². The zero-order valence-corrected chi connectivity index (χ0v) is 12.6. The first kappa shape index (κ1) is 12.9. The third-order valence-electron chi connectivity index (χ3n) is 2.95. The van der Waals surface area contributed by atoms with Gasteiger partial charge in [-0.2, -0.15) is 0 Å². The molecular formula is C15H15IN2O. The monoisotopic (exact) mass is 366 g/mol. The van der Waals surface area contributed by atoms with Crippen LogP contribution in [0.2, 0.25) is 0 Å². The van der Waals surface area contributed by atoms with Gasteiger partial charge in [0, 0.05) is 22.2 Å². The Morgan fingerprint density at radius 2 is 2.05 bits per heavy atom. The highest BCUT2D eigenvalue weighted by molar-refractivity contribution is 14.1. The largest absolute Gasteiger partial charge is 0.439 e. The second kappa shape index (κ2) is 5.88. The molecule has 19 heavy (non-hydrogen) atoms. The van der Waals surface area contributed by atoms with Crippen molar-refractivity contribution in [2.24, 2.45) is 0 Å². The number of hydrogen-bond donors (Lipinski definition) is 1. The highest BCUT2D eigenvalue weighted by Gasteiger charge is 2.20. The summed E-state index contributed by atoms with van der Waals surface area (Å²) in [6.45, 7) is 0.814. The predicted octanol–water partition coefficient (Wildman–Crippen LogP) is 3.73. The molecule has 0 spiro atoms. The maximum atomic E-state index is 5.78. The third-order valence-corrected chi connectivity index (χ3v) is 3.62. The summed E-state index contributed by atoms with van der Waals surface area (Å²) in [6.07, 6.45) is 2.58. The van der Waals surface area contributed by atoms with E-state index in [2.05, 4.69) is 32.9 Å². The molecule has 2 aromatic rings. The topological polar surface area (TPSA) is 34.1 Å². The standard InChI is InChI=1S/C15H15IN2O/c16-11-3-1-5-14(9-11)19-15-6-2-4-13(18-15)10-17-12-7-8-12/h1-6,9,12,17H,7-8,10H2. The lowest BCUT2D eigenvalue weighted by Crippen LogP contribution is -2.16. The number of halogens is 1. The van der Waals surface area contributed by atoms with Crippen LogP contribution in [0.3, 0.4) is 0 Å². The summed E-state index contributed by atoms with van der Waals surface area (Å²) in [6, 6.07) is 14.6. The molecule has 0 bridgehead atoms. The Kier molecular flexibility index (Phi) is 3.98. The number of aromatic nitrogens is 1. The molecule has 0 saturated heterocycles. The minimum Gasteiger partial charge on any atom is -0.439 e. The SMILES string of the molecule is Ic1cccc(Oc2cccc(CNC3CC3)n2)c1. The molecule has 0 amide bonds. The molecule has 0 atom stereocenters. The van der Waals surface area contributed by atoms with Crippen molar-refractivity contribution in [2.45, 2.75) is 25.4 Å². The average molecular weight is 366 g/mol. The van der Waals surface area contributed by atoms with Gasteiger partial charge in [0.15, 0.2) is 0 Å². The fourth-order valence-corrected chi connectivity index (χ4v) is 2.32. The van der Waals surface area contributed by atoms with Gasteiger partial charge in [-0.25, -0.2) is 4.98 Å². The first-order chi connectivity index (χ1) is 9.29. The number of ether oxygens (including phenoxy) is 1. The van der Waals surface area contributed by atoms with E-state index in [0.29, 0.717) is 11.9 Å². The number of pyridine rings is 1. The number of benzene rings is 1. The van der Waals surface area contributed by atoms with E-state index in [1.165, 1.54) is 12.8 Å². The van der Waals surface area contributed by atoms with E-state index in [9.17, 15) is 0 Å². The summed E-state index contributed by atoms with van der Waals surface area (Å²) in [5.41, 5.74) is 1.02. The van der Waals surface area contributed by atoms with E-state index in [0.717, 1.165) is 21.6 Å². The highest BCUT2D eigenvalue weighted by atomic mass is 127. The Morgan fingerprint density at radius 3 is 2.84 bits per heavy atom. The van der Waals surface area contributed by atoms with E-state index in [-0.39, 0.29) is 0 Å². The summed E-state index contributed by atoms with van der Waals surface area (Å²) >= 11 is 2.27. The maximum absolute atomic E-state index is 5.78. The van der Waals surface area contributed by atoms with Gasteiger partial charge in [-0.15, -0.1) is 0 Å². The van der Waals surface area contributed by atoms with Crippen LogP contribution >= 0.6 is 22.6 Å². The van der Waals surface area contributed by atoms with Gasteiger partial charge in [0.25, 0.3) is 0 Å². The van der Waals surface area contributed by atoms with Crippen LogP contribution in [-0.4, -0.2) is 11.0 Å². The van der Waals surface area contributed by atoms with Crippen LogP contribution in [0.5, 0.6) is 11.6 Å². The highest BCUT2D eigenvalue weighted by Crippen LogP contribution is 2.22. The molecule has 3 rings (SSSR count). The molecule has 1 aliphatic carbocycles. The molecule has 4 heteroatoms. The van der Waals surface area contributed by atoms with Gasteiger partial charge in [-0.05, 0) is 59.7 Å². The molecule has 0 radical (unpaired) electrons. The van der Waals surface area contributed by atoms with E-state index >= 15 is 0 Å². The van der Waals surface area contributed by atoms with Gasteiger partial charge >= 0.3 is 0 Å². The first-order valence-corrected chi connectivity index (χ1v) is 7.50. The summed E-state index contributed by atoms with van der Waals surface area (Å²) in [4.78, 5) is 4.51. The fourth-order valence-electron chi connectivity index (χ4n) is 1.80. The molecule has 1 aromatic carbocycles. The number of rotatable bonds is 5. The summed E-state index contributed by atoms with van der Waals surface area (Å²) in [7, 11) is 0. The number of hydrogen-bond acceptors (Lipinski definition) is 3. The Labute approximate surface area is 126 Å². The van der Waals surface area contributed by atoms with Gasteiger partial charge in [0.1, 0.15) is 5.75 Å². The molecule has 1 aromatic heterocycles. The van der Waals surface area contributed by atoms with Crippen molar-refractivity contribution in [3.63, 3.8) is 0 Å². The van der Waals surface area contributed by atoms with Crippen LogP contribution in [-0.2, 0) is 6.54 Å². The third kappa shape index (κ3) is 3.91. The second-order valence-corrected chi connectivity index (χ2v) is 5.93. The van der Waals surface area contributed by atoms with Crippen molar-refractivity contribution in [2.75, 3.05) is 0 Å². The molecule has 98 valence electrons. The van der Waals surface area contributed by atoms with E-state index in [1.807, 2.05) is 42.5 Å². The van der Waals surface area contributed by atoms with Crippen molar-refractivity contribution >= 4 is 22.6 Å². The van der Waals surface area contributed by atoms with Crippen LogP contribution in [0.4, 0.5) is 0 Å². The van der Waals surface area contributed by atoms with Crippen LogP contribution in [0.25, 0.3) is 0 Å². The van der Waals surface area contributed by atoms with Crippen molar-refractivity contribution < 1.29 is 4.74 Å². The molecule has 3 nitrogen and oxygen atoms in total. The lowest BCUT2D eigenvalue weighted by molar-refractivity contribution is 0.459. The number of nitrogens with one attached hydrogen (secondary N) is 1. The fraction of sp³-hybridized carbons (Fsp3) is 0.267. The summed E-state index contributed by atoms with van der Waals surface area (Å²) in [5, 5.41) is 3.45. The van der Waals surface area contributed by atoms with Crippen LogP contribution < -0.4 is 10.1 Å². The summed E-state index contributed by atoms with van der Waals surface area (Å²) < 4.78 is 6.93. The van der Waals surface area contributed by atoms with Crippen LogP contribution in [0, 0.1) is 3.57 Å². The summed E-state index contributed by atoms with van der Waals surface area (Å²) in [5.74, 6) is 1.48. The quantitative estimate of drug-likeness (QED) is 0.819. The Balaban J connectivity index is 1.67. The van der Waals surface area contributed by atoms with Crippen molar-refractivity contribution in [1.29, 1.82) is 0 Å². The molecule has 1 fully saturated rings. The molecule has 1 aliphatic rings. The lowest BCUT2D eigenvalue weighted by Gasteiger charge is -2.07. The second-order valence-electron chi connectivity index (χ2n) is 4.68. The normalized spacial score (nSPS) is 14.4. The van der Waals surface area contributed by atoms with Crippen molar-refractivity contribution in [3.8, 4) is 11.6 Å². The van der Waals surface area contributed by atoms with E-state index in [4.69, 9.17) is 4.74 Å². The van der Waals surface area contributed by atoms with Crippen LogP contribution in [0.15, 0.2) is 42.5 Å². The number of nitrogens with zero attached hydrogens (tertiary/aromatic N) is 1. The van der Waals surface area contributed by atoms with E-state index in [1.54, 1.807) is 0 Å². The zero-order valence-electron chi connectivity index (χ0n) is 10.5. The Hall–Kier alpha value is -1.14. The van der Waals surface area contributed by atoms with Gasteiger partial charge < -0.3 is 10.1 Å². The Morgan fingerprint density at radius 1 is 1.21 bits per heavy atom. The van der Waals surface area contributed by atoms with Crippen molar-refractivity contribution in [1.82, 2.24) is 10.3 Å². The molecular weight excluding hydrogens is 351 g/mol. The maximum Gasteiger partial charge on any atom is 0.219 e. The minimum atomic E-state index is 0.650. The van der Waals surface area contributed by atoms with Gasteiger partial charge in [-0.3, -0.25) is 0 Å². The van der Waals surface area contributed by atoms with Crippen molar-refractivity contribution in [3.05, 3.63) is 51.7 Å². The smallest absolute Gasteiger partial charge is 0.219 e. The molecule has 1 saturated carbocycles. The Bertz CT molecular complexity index is 570. The molecule has 1 heterocycles.